The quantitative estimate of drug-likeness (QED) is 0.651. The largest absolute Gasteiger partial charge is 0.492 e. The van der Waals surface area contributed by atoms with Crippen molar-refractivity contribution in [1.82, 2.24) is 4.98 Å². The molecule has 0 atom stereocenters. The fourth-order valence-electron chi connectivity index (χ4n) is 1.71. The number of rotatable bonds is 5. The van der Waals surface area contributed by atoms with Gasteiger partial charge in [0.15, 0.2) is 0 Å². The summed E-state index contributed by atoms with van der Waals surface area (Å²) in [6.07, 6.45) is 4.26. The molecule has 1 aromatic carbocycles. The first-order valence-corrected chi connectivity index (χ1v) is 6.21. The molecular weight excluding hydrogens is 262 g/mol. The van der Waals surface area contributed by atoms with Crippen LogP contribution in [0.4, 0.5) is 0 Å². The summed E-state index contributed by atoms with van der Waals surface area (Å²) in [5, 5.41) is 7.94. The van der Waals surface area contributed by atoms with E-state index in [4.69, 9.17) is 27.5 Å². The van der Waals surface area contributed by atoms with E-state index in [2.05, 4.69) is 4.98 Å². The van der Waals surface area contributed by atoms with Crippen molar-refractivity contribution in [1.29, 1.82) is 5.41 Å². The third-order valence-electron chi connectivity index (χ3n) is 2.62. The second kappa shape index (κ2) is 6.20. The number of amidine groups is 1. The number of hydrogen-bond acceptors (Lipinski definition) is 3. The molecule has 5 heteroatoms. The number of pyridine rings is 1. The van der Waals surface area contributed by atoms with Crippen LogP contribution in [0.15, 0.2) is 42.7 Å². The van der Waals surface area contributed by atoms with Crippen LogP contribution in [0.5, 0.6) is 5.75 Å². The van der Waals surface area contributed by atoms with Crippen molar-refractivity contribution in [3.05, 3.63) is 58.9 Å². The SMILES string of the molecule is N=C(N)c1c(Cl)cccc1OCCc1cccnc1. The smallest absolute Gasteiger partial charge is 0.131 e. The fourth-order valence-corrected chi connectivity index (χ4v) is 1.98. The van der Waals surface area contributed by atoms with Crippen LogP contribution in [0, 0.1) is 5.41 Å². The summed E-state index contributed by atoms with van der Waals surface area (Å²) in [6, 6.07) is 9.09. The summed E-state index contributed by atoms with van der Waals surface area (Å²) in [7, 11) is 0. The van der Waals surface area contributed by atoms with Gasteiger partial charge < -0.3 is 10.5 Å². The van der Waals surface area contributed by atoms with Gasteiger partial charge in [0.05, 0.1) is 17.2 Å². The fraction of sp³-hybridized carbons (Fsp3) is 0.143. The summed E-state index contributed by atoms with van der Waals surface area (Å²) < 4.78 is 5.65. The summed E-state index contributed by atoms with van der Waals surface area (Å²) in [4.78, 5) is 4.04. The number of aromatic nitrogens is 1. The molecule has 0 fully saturated rings. The van der Waals surface area contributed by atoms with Crippen LogP contribution in [0.25, 0.3) is 0 Å². The molecule has 1 heterocycles. The lowest BCUT2D eigenvalue weighted by Crippen LogP contribution is -2.14. The lowest BCUT2D eigenvalue weighted by molar-refractivity contribution is 0.321. The third kappa shape index (κ3) is 3.45. The van der Waals surface area contributed by atoms with Gasteiger partial charge in [-0.25, -0.2) is 0 Å². The number of nitrogens with zero attached hydrogens (tertiary/aromatic N) is 1. The van der Waals surface area contributed by atoms with Gasteiger partial charge in [-0.05, 0) is 23.8 Å². The average molecular weight is 276 g/mol. The minimum absolute atomic E-state index is 0.0954. The number of nitrogens with one attached hydrogen (secondary N) is 1. The van der Waals surface area contributed by atoms with E-state index in [1.165, 1.54) is 0 Å². The number of ether oxygens (including phenoxy) is 1. The molecule has 0 aliphatic rings. The van der Waals surface area contributed by atoms with Crippen LogP contribution in [0.1, 0.15) is 11.1 Å². The molecule has 1 aromatic heterocycles. The zero-order valence-corrected chi connectivity index (χ0v) is 11.0. The molecule has 2 rings (SSSR count). The predicted octanol–water partition coefficient (Wildman–Crippen LogP) is 2.64. The van der Waals surface area contributed by atoms with Gasteiger partial charge in [0.2, 0.25) is 0 Å². The Morgan fingerprint density at radius 1 is 1.32 bits per heavy atom. The molecular formula is C14H14ClN3O. The Bertz CT molecular complexity index is 572. The Hall–Kier alpha value is -2.07. The minimum Gasteiger partial charge on any atom is -0.492 e. The van der Waals surface area contributed by atoms with Gasteiger partial charge >= 0.3 is 0 Å². The van der Waals surface area contributed by atoms with E-state index >= 15 is 0 Å². The van der Waals surface area contributed by atoms with Gasteiger partial charge in [-0.2, -0.15) is 0 Å². The summed E-state index contributed by atoms with van der Waals surface area (Å²) in [6.45, 7) is 0.478. The molecule has 0 unspecified atom stereocenters. The van der Waals surface area contributed by atoms with E-state index < -0.39 is 0 Å². The first-order chi connectivity index (χ1) is 9.18. The zero-order chi connectivity index (χ0) is 13.7. The molecule has 0 aliphatic heterocycles. The van der Waals surface area contributed by atoms with Crippen molar-refractivity contribution >= 4 is 17.4 Å². The van der Waals surface area contributed by atoms with Gasteiger partial charge in [0.1, 0.15) is 11.6 Å². The summed E-state index contributed by atoms with van der Waals surface area (Å²) >= 11 is 6.01. The van der Waals surface area contributed by atoms with Crippen LogP contribution in [0.2, 0.25) is 5.02 Å². The third-order valence-corrected chi connectivity index (χ3v) is 2.93. The van der Waals surface area contributed by atoms with Crippen molar-refractivity contribution in [3.63, 3.8) is 0 Å². The molecule has 0 saturated heterocycles. The Morgan fingerprint density at radius 2 is 2.16 bits per heavy atom. The highest BCUT2D eigenvalue weighted by Gasteiger charge is 2.10. The number of nitrogen functional groups attached to an aromatic ring is 1. The minimum atomic E-state index is -0.0954. The lowest BCUT2D eigenvalue weighted by atomic mass is 10.2. The maximum absolute atomic E-state index is 7.52. The van der Waals surface area contributed by atoms with Gasteiger partial charge in [0, 0.05) is 18.8 Å². The van der Waals surface area contributed by atoms with E-state index in [0.29, 0.717) is 22.9 Å². The van der Waals surface area contributed by atoms with Crippen molar-refractivity contribution in [2.45, 2.75) is 6.42 Å². The molecule has 0 aliphatic carbocycles. The normalized spacial score (nSPS) is 10.2. The number of halogens is 1. The number of benzene rings is 1. The Labute approximate surface area is 116 Å². The molecule has 2 aromatic rings. The van der Waals surface area contributed by atoms with Gasteiger partial charge in [-0.1, -0.05) is 23.7 Å². The molecule has 19 heavy (non-hydrogen) atoms. The molecule has 0 spiro atoms. The average Bonchev–Trinajstić information content (AvgIpc) is 2.39. The highest BCUT2D eigenvalue weighted by atomic mass is 35.5. The highest BCUT2D eigenvalue weighted by molar-refractivity contribution is 6.34. The van der Waals surface area contributed by atoms with Crippen molar-refractivity contribution in [2.24, 2.45) is 5.73 Å². The van der Waals surface area contributed by atoms with Crippen LogP contribution in [-0.2, 0) is 6.42 Å². The van der Waals surface area contributed by atoms with Crippen molar-refractivity contribution in [3.8, 4) is 5.75 Å². The molecule has 0 bridgehead atoms. The summed E-state index contributed by atoms with van der Waals surface area (Å²) in [5.41, 5.74) is 7.04. The van der Waals surface area contributed by atoms with E-state index in [-0.39, 0.29) is 5.84 Å². The Morgan fingerprint density at radius 3 is 2.84 bits per heavy atom. The standard InChI is InChI=1S/C14H14ClN3O/c15-11-4-1-5-12(13(11)14(16)17)19-8-6-10-3-2-7-18-9-10/h1-5,7,9H,6,8H2,(H3,16,17). The van der Waals surface area contributed by atoms with Crippen LogP contribution in [0.3, 0.4) is 0 Å². The van der Waals surface area contributed by atoms with Gasteiger partial charge in [-0.15, -0.1) is 0 Å². The molecule has 98 valence electrons. The second-order valence-electron chi connectivity index (χ2n) is 3.99. The van der Waals surface area contributed by atoms with Gasteiger partial charge in [-0.3, -0.25) is 10.4 Å². The molecule has 3 N–H and O–H groups in total. The summed E-state index contributed by atoms with van der Waals surface area (Å²) in [5.74, 6) is 0.436. The highest BCUT2D eigenvalue weighted by Crippen LogP contribution is 2.25. The Balaban J connectivity index is 2.04. The first-order valence-electron chi connectivity index (χ1n) is 5.83. The molecule has 0 amide bonds. The molecule has 0 radical (unpaired) electrons. The van der Waals surface area contributed by atoms with Crippen molar-refractivity contribution < 1.29 is 4.74 Å². The monoisotopic (exact) mass is 275 g/mol. The van der Waals surface area contributed by atoms with E-state index in [9.17, 15) is 0 Å². The molecule has 4 nitrogen and oxygen atoms in total. The lowest BCUT2D eigenvalue weighted by Gasteiger charge is -2.11. The van der Waals surface area contributed by atoms with Crippen LogP contribution >= 0.6 is 11.6 Å². The molecule has 0 saturated carbocycles. The second-order valence-corrected chi connectivity index (χ2v) is 4.39. The van der Waals surface area contributed by atoms with Crippen molar-refractivity contribution in [2.75, 3.05) is 6.61 Å². The Kier molecular flexibility index (Phi) is 4.36. The predicted molar refractivity (Wildman–Crippen MR) is 75.9 cm³/mol. The first kappa shape index (κ1) is 13.4. The zero-order valence-electron chi connectivity index (χ0n) is 10.3. The maximum atomic E-state index is 7.52. The van der Waals surface area contributed by atoms with E-state index in [1.54, 1.807) is 30.6 Å². The van der Waals surface area contributed by atoms with Gasteiger partial charge in [0.25, 0.3) is 0 Å². The maximum Gasteiger partial charge on any atom is 0.131 e. The van der Waals surface area contributed by atoms with E-state index in [1.807, 2.05) is 12.1 Å². The van der Waals surface area contributed by atoms with Crippen LogP contribution < -0.4 is 10.5 Å². The number of nitrogens with two attached hydrogens (primary N) is 1. The number of hydrogen-bond donors (Lipinski definition) is 2. The van der Waals surface area contributed by atoms with Crippen LogP contribution in [-0.4, -0.2) is 17.4 Å². The van der Waals surface area contributed by atoms with E-state index in [0.717, 1.165) is 12.0 Å². The topological polar surface area (TPSA) is 72.0 Å².